The molecule has 1 saturated carbocycles. The molecule has 84 valence electrons. The van der Waals surface area contributed by atoms with E-state index in [4.69, 9.17) is 9.52 Å². The van der Waals surface area contributed by atoms with Gasteiger partial charge in [-0.2, -0.15) is 0 Å². The van der Waals surface area contributed by atoms with Crippen LogP contribution < -0.4 is 0 Å². The maximum atomic E-state index is 9.12. The van der Waals surface area contributed by atoms with Gasteiger partial charge in [-0.3, -0.25) is 0 Å². The molecule has 1 aliphatic rings. The summed E-state index contributed by atoms with van der Waals surface area (Å²) in [6, 6.07) is 5.98. The van der Waals surface area contributed by atoms with Gasteiger partial charge in [0, 0.05) is 18.4 Å². The second-order valence-corrected chi connectivity index (χ2v) is 4.64. The number of oxazole rings is 1. The fourth-order valence-corrected chi connectivity index (χ4v) is 1.88. The Kier molecular flexibility index (Phi) is 2.21. The summed E-state index contributed by atoms with van der Waals surface area (Å²) in [4.78, 5) is 4.50. The summed E-state index contributed by atoms with van der Waals surface area (Å²) >= 11 is 0. The molecule has 1 atom stereocenters. The number of hydrogen-bond donors (Lipinski definition) is 1. The van der Waals surface area contributed by atoms with Gasteiger partial charge in [-0.15, -0.1) is 0 Å². The van der Waals surface area contributed by atoms with Crippen LogP contribution in [0.5, 0.6) is 0 Å². The molecular formula is C13H15NO2. The molecule has 16 heavy (non-hydrogen) atoms. The van der Waals surface area contributed by atoms with E-state index in [2.05, 4.69) is 4.98 Å². The molecule has 3 heteroatoms. The minimum absolute atomic E-state index is 0.158. The first-order valence-corrected chi connectivity index (χ1v) is 5.79. The van der Waals surface area contributed by atoms with Crippen LogP contribution in [0.2, 0.25) is 0 Å². The molecule has 1 aromatic heterocycles. The molecule has 1 fully saturated rings. The Morgan fingerprint density at radius 2 is 2.31 bits per heavy atom. The molecule has 2 aromatic rings. The fourth-order valence-electron chi connectivity index (χ4n) is 1.88. The van der Waals surface area contributed by atoms with E-state index in [0.29, 0.717) is 5.92 Å². The lowest BCUT2D eigenvalue weighted by Crippen LogP contribution is -1.98. The fraction of sp³-hybridized carbons (Fsp3) is 0.462. The van der Waals surface area contributed by atoms with Gasteiger partial charge < -0.3 is 9.52 Å². The van der Waals surface area contributed by atoms with Crippen molar-refractivity contribution in [3.05, 3.63) is 29.7 Å². The van der Waals surface area contributed by atoms with Crippen molar-refractivity contribution in [2.75, 3.05) is 6.61 Å². The van der Waals surface area contributed by atoms with Crippen LogP contribution in [-0.2, 0) is 0 Å². The molecular weight excluding hydrogens is 202 g/mol. The number of aliphatic hydroxyl groups is 1. The molecule has 0 aliphatic heterocycles. The number of fused-ring (bicyclic) bond motifs is 1. The molecule has 0 radical (unpaired) electrons. The second kappa shape index (κ2) is 3.59. The lowest BCUT2D eigenvalue weighted by molar-refractivity contribution is 0.273. The van der Waals surface area contributed by atoms with Gasteiger partial charge in [0.2, 0.25) is 0 Å². The standard InChI is InChI=1S/C13H15NO2/c1-8(7-15)10-4-5-12-11(6-10)14-13(16-12)9-2-3-9/h4-6,8-9,15H,2-3,7H2,1H3. The van der Waals surface area contributed by atoms with Gasteiger partial charge in [-0.05, 0) is 30.5 Å². The average molecular weight is 217 g/mol. The molecule has 1 aromatic carbocycles. The van der Waals surface area contributed by atoms with Gasteiger partial charge in [0.25, 0.3) is 0 Å². The summed E-state index contributed by atoms with van der Waals surface area (Å²) in [6.07, 6.45) is 2.40. The topological polar surface area (TPSA) is 46.3 Å². The van der Waals surface area contributed by atoms with Gasteiger partial charge >= 0.3 is 0 Å². The van der Waals surface area contributed by atoms with E-state index in [1.54, 1.807) is 0 Å². The number of aromatic nitrogens is 1. The van der Waals surface area contributed by atoms with Crippen LogP contribution in [0.15, 0.2) is 22.6 Å². The maximum absolute atomic E-state index is 9.12. The first kappa shape index (κ1) is 9.85. The van der Waals surface area contributed by atoms with Gasteiger partial charge in [0.15, 0.2) is 11.5 Å². The van der Waals surface area contributed by atoms with E-state index in [9.17, 15) is 0 Å². The van der Waals surface area contributed by atoms with E-state index in [1.807, 2.05) is 25.1 Å². The van der Waals surface area contributed by atoms with Crippen molar-refractivity contribution < 1.29 is 9.52 Å². The van der Waals surface area contributed by atoms with E-state index < -0.39 is 0 Å². The molecule has 0 saturated heterocycles. The van der Waals surface area contributed by atoms with Crippen LogP contribution in [0.25, 0.3) is 11.1 Å². The molecule has 3 rings (SSSR count). The van der Waals surface area contributed by atoms with Crippen molar-refractivity contribution in [3.8, 4) is 0 Å². The second-order valence-electron chi connectivity index (χ2n) is 4.64. The third-order valence-corrected chi connectivity index (χ3v) is 3.20. The van der Waals surface area contributed by atoms with E-state index >= 15 is 0 Å². The molecule has 1 N–H and O–H groups in total. The van der Waals surface area contributed by atoms with Crippen molar-refractivity contribution in [2.45, 2.75) is 31.6 Å². The number of rotatable bonds is 3. The lowest BCUT2D eigenvalue weighted by atomic mass is 10.0. The Balaban J connectivity index is 2.02. The summed E-state index contributed by atoms with van der Waals surface area (Å²) in [5.41, 5.74) is 2.89. The minimum atomic E-state index is 0.158. The highest BCUT2D eigenvalue weighted by molar-refractivity contribution is 5.73. The third kappa shape index (κ3) is 1.61. The highest BCUT2D eigenvalue weighted by atomic mass is 16.3. The molecule has 0 bridgehead atoms. The van der Waals surface area contributed by atoms with Gasteiger partial charge in [0.1, 0.15) is 5.52 Å². The van der Waals surface area contributed by atoms with Crippen LogP contribution in [-0.4, -0.2) is 16.7 Å². The Bertz CT molecular complexity index is 514. The summed E-state index contributed by atoms with van der Waals surface area (Å²) in [6.45, 7) is 2.17. The third-order valence-electron chi connectivity index (χ3n) is 3.20. The van der Waals surface area contributed by atoms with Gasteiger partial charge in [-0.25, -0.2) is 4.98 Å². The van der Waals surface area contributed by atoms with E-state index in [1.165, 1.54) is 12.8 Å². The minimum Gasteiger partial charge on any atom is -0.440 e. The van der Waals surface area contributed by atoms with Crippen LogP contribution in [0.3, 0.4) is 0 Å². The highest BCUT2D eigenvalue weighted by Crippen LogP contribution is 2.40. The van der Waals surface area contributed by atoms with Crippen LogP contribution in [0, 0.1) is 0 Å². The van der Waals surface area contributed by atoms with Crippen molar-refractivity contribution in [1.29, 1.82) is 0 Å². The quantitative estimate of drug-likeness (QED) is 0.859. The van der Waals surface area contributed by atoms with Crippen molar-refractivity contribution in [2.24, 2.45) is 0 Å². The predicted octanol–water partition coefficient (Wildman–Crippen LogP) is 2.80. The number of aliphatic hydroxyl groups excluding tert-OH is 1. The molecule has 3 nitrogen and oxygen atoms in total. The molecule has 0 amide bonds. The van der Waals surface area contributed by atoms with Crippen LogP contribution in [0.1, 0.15) is 43.1 Å². The number of benzene rings is 1. The zero-order valence-corrected chi connectivity index (χ0v) is 9.31. The van der Waals surface area contributed by atoms with Crippen LogP contribution in [0.4, 0.5) is 0 Å². The van der Waals surface area contributed by atoms with Gasteiger partial charge in [-0.1, -0.05) is 13.0 Å². The predicted molar refractivity (Wildman–Crippen MR) is 61.5 cm³/mol. The normalized spacial score (nSPS) is 17.9. The summed E-state index contributed by atoms with van der Waals surface area (Å²) < 4.78 is 5.69. The van der Waals surface area contributed by atoms with E-state index in [-0.39, 0.29) is 12.5 Å². The monoisotopic (exact) mass is 217 g/mol. The maximum Gasteiger partial charge on any atom is 0.198 e. The van der Waals surface area contributed by atoms with Crippen LogP contribution >= 0.6 is 0 Å². The summed E-state index contributed by atoms with van der Waals surface area (Å²) in [5.74, 6) is 1.58. The smallest absolute Gasteiger partial charge is 0.198 e. The Morgan fingerprint density at radius 1 is 1.50 bits per heavy atom. The largest absolute Gasteiger partial charge is 0.440 e. The average Bonchev–Trinajstić information content (AvgIpc) is 3.07. The van der Waals surface area contributed by atoms with Crippen molar-refractivity contribution >= 4 is 11.1 Å². The lowest BCUT2D eigenvalue weighted by Gasteiger charge is -2.06. The zero-order chi connectivity index (χ0) is 11.1. The first-order valence-electron chi connectivity index (χ1n) is 5.79. The highest BCUT2D eigenvalue weighted by Gasteiger charge is 2.28. The summed E-state index contributed by atoms with van der Waals surface area (Å²) in [7, 11) is 0. The molecule has 1 heterocycles. The molecule has 1 unspecified atom stereocenters. The number of hydrogen-bond acceptors (Lipinski definition) is 3. The molecule has 1 aliphatic carbocycles. The van der Waals surface area contributed by atoms with Crippen molar-refractivity contribution in [3.63, 3.8) is 0 Å². The first-order chi connectivity index (χ1) is 7.78. The number of nitrogens with zero attached hydrogens (tertiary/aromatic N) is 1. The SMILES string of the molecule is CC(CO)c1ccc2oc(C3CC3)nc2c1. The Morgan fingerprint density at radius 3 is 3.00 bits per heavy atom. The molecule has 0 spiro atoms. The van der Waals surface area contributed by atoms with E-state index in [0.717, 1.165) is 22.6 Å². The van der Waals surface area contributed by atoms with Gasteiger partial charge in [0.05, 0.1) is 0 Å². The Hall–Kier alpha value is -1.35. The summed E-state index contributed by atoms with van der Waals surface area (Å²) in [5, 5.41) is 9.12. The Labute approximate surface area is 94.1 Å². The van der Waals surface area contributed by atoms with Crippen molar-refractivity contribution in [1.82, 2.24) is 4.98 Å². The zero-order valence-electron chi connectivity index (χ0n) is 9.31.